The van der Waals surface area contributed by atoms with E-state index >= 15 is 0 Å². The Morgan fingerprint density at radius 3 is 2.88 bits per heavy atom. The van der Waals surface area contributed by atoms with Crippen LogP contribution < -0.4 is 5.32 Å². The van der Waals surface area contributed by atoms with Gasteiger partial charge in [0, 0.05) is 42.3 Å². The highest BCUT2D eigenvalue weighted by Gasteiger charge is 2.15. The zero-order chi connectivity index (χ0) is 17.2. The first-order valence-electron chi connectivity index (χ1n) is 8.10. The van der Waals surface area contributed by atoms with Crippen molar-refractivity contribution in [3.63, 3.8) is 0 Å². The second-order valence-electron chi connectivity index (χ2n) is 5.97. The van der Waals surface area contributed by atoms with Crippen molar-refractivity contribution in [2.75, 3.05) is 5.32 Å². The first kappa shape index (κ1) is 15.7. The molecule has 4 rings (SSSR count). The van der Waals surface area contributed by atoms with Gasteiger partial charge < -0.3 is 5.32 Å². The molecule has 0 saturated heterocycles. The van der Waals surface area contributed by atoms with Gasteiger partial charge in [0.1, 0.15) is 5.82 Å². The molecule has 126 valence electrons. The predicted molar refractivity (Wildman–Crippen MR) is 101 cm³/mol. The second kappa shape index (κ2) is 6.60. The number of hydrogen-bond donors (Lipinski definition) is 1. The summed E-state index contributed by atoms with van der Waals surface area (Å²) in [5, 5.41) is 10.9. The second-order valence-corrected chi connectivity index (χ2v) is 7.00. The van der Waals surface area contributed by atoms with Gasteiger partial charge in [-0.05, 0) is 30.5 Å². The molecule has 0 saturated carbocycles. The van der Waals surface area contributed by atoms with Crippen LogP contribution in [-0.4, -0.2) is 30.8 Å². The molecule has 0 aliphatic rings. The molecule has 4 aromatic heterocycles. The smallest absolute Gasteiger partial charge is 0.165 e. The summed E-state index contributed by atoms with van der Waals surface area (Å²) in [5.41, 5.74) is 1.69. The fourth-order valence-electron chi connectivity index (χ4n) is 2.77. The zero-order valence-electron chi connectivity index (χ0n) is 14.0. The SMILES string of the molecule is CC(Cc1cccs1)Nc1nc(-c2cccnc2)nc2c1cnn2C. The number of thiophene rings is 1. The van der Waals surface area contributed by atoms with Crippen LogP contribution in [0.15, 0.2) is 48.2 Å². The van der Waals surface area contributed by atoms with Crippen LogP contribution in [0.2, 0.25) is 0 Å². The van der Waals surface area contributed by atoms with Gasteiger partial charge in [0.25, 0.3) is 0 Å². The van der Waals surface area contributed by atoms with Crippen molar-refractivity contribution in [2.24, 2.45) is 7.05 Å². The highest BCUT2D eigenvalue weighted by Crippen LogP contribution is 2.25. The van der Waals surface area contributed by atoms with Crippen LogP contribution in [0.1, 0.15) is 11.8 Å². The van der Waals surface area contributed by atoms with Crippen LogP contribution >= 0.6 is 11.3 Å². The molecule has 6 nitrogen and oxygen atoms in total. The normalized spacial score (nSPS) is 12.4. The molecule has 0 fully saturated rings. The summed E-state index contributed by atoms with van der Waals surface area (Å²) in [6.45, 7) is 2.16. The molecule has 0 aliphatic heterocycles. The highest BCUT2D eigenvalue weighted by atomic mass is 32.1. The Morgan fingerprint density at radius 1 is 1.20 bits per heavy atom. The monoisotopic (exact) mass is 350 g/mol. The lowest BCUT2D eigenvalue weighted by molar-refractivity contribution is 0.784. The lowest BCUT2D eigenvalue weighted by atomic mass is 10.2. The molecule has 1 N–H and O–H groups in total. The van der Waals surface area contributed by atoms with Crippen LogP contribution in [0.25, 0.3) is 22.4 Å². The molecule has 4 heterocycles. The van der Waals surface area contributed by atoms with E-state index in [1.165, 1.54) is 4.88 Å². The summed E-state index contributed by atoms with van der Waals surface area (Å²) in [7, 11) is 1.89. The molecule has 1 atom stereocenters. The Hall–Kier alpha value is -2.80. The third-order valence-electron chi connectivity index (χ3n) is 3.98. The topological polar surface area (TPSA) is 68.5 Å². The Bertz CT molecular complexity index is 978. The number of fused-ring (bicyclic) bond motifs is 1. The van der Waals surface area contributed by atoms with Gasteiger partial charge in [0.2, 0.25) is 0 Å². The maximum atomic E-state index is 4.74. The van der Waals surface area contributed by atoms with Crippen molar-refractivity contribution in [1.29, 1.82) is 0 Å². The van der Waals surface area contributed by atoms with Gasteiger partial charge in [0.05, 0.1) is 11.6 Å². The highest BCUT2D eigenvalue weighted by molar-refractivity contribution is 7.09. The molecular formula is C18H18N6S. The summed E-state index contributed by atoms with van der Waals surface area (Å²) in [6.07, 6.45) is 6.28. The van der Waals surface area contributed by atoms with Crippen molar-refractivity contribution in [2.45, 2.75) is 19.4 Å². The van der Waals surface area contributed by atoms with E-state index in [4.69, 9.17) is 4.98 Å². The molecule has 1 unspecified atom stereocenters. The number of pyridine rings is 1. The molecule has 25 heavy (non-hydrogen) atoms. The van der Waals surface area contributed by atoms with E-state index in [-0.39, 0.29) is 6.04 Å². The summed E-state index contributed by atoms with van der Waals surface area (Å²) in [6, 6.07) is 8.33. The number of nitrogens with one attached hydrogen (secondary N) is 1. The molecule has 0 spiro atoms. The quantitative estimate of drug-likeness (QED) is 0.596. The summed E-state index contributed by atoms with van der Waals surface area (Å²) in [5.74, 6) is 1.45. The van der Waals surface area contributed by atoms with Gasteiger partial charge in [-0.1, -0.05) is 6.07 Å². The minimum atomic E-state index is 0.249. The van der Waals surface area contributed by atoms with Crippen molar-refractivity contribution < 1.29 is 0 Å². The minimum Gasteiger partial charge on any atom is -0.367 e. The molecule has 4 aromatic rings. The van der Waals surface area contributed by atoms with Crippen LogP contribution in [0.5, 0.6) is 0 Å². The van der Waals surface area contributed by atoms with E-state index < -0.39 is 0 Å². The van der Waals surface area contributed by atoms with Gasteiger partial charge in [-0.15, -0.1) is 11.3 Å². The van der Waals surface area contributed by atoms with Crippen molar-refractivity contribution in [3.05, 3.63) is 53.1 Å². The molecule has 0 aliphatic carbocycles. The van der Waals surface area contributed by atoms with Gasteiger partial charge in [-0.3, -0.25) is 9.67 Å². The van der Waals surface area contributed by atoms with E-state index in [2.05, 4.69) is 44.8 Å². The lowest BCUT2D eigenvalue weighted by Gasteiger charge is -2.15. The lowest BCUT2D eigenvalue weighted by Crippen LogP contribution is -2.19. The Labute approximate surface area is 149 Å². The van der Waals surface area contributed by atoms with E-state index in [0.717, 1.165) is 28.8 Å². The minimum absolute atomic E-state index is 0.249. The third kappa shape index (κ3) is 3.23. The standard InChI is InChI=1S/C18H18N6S/c1-12(9-14-6-4-8-25-14)21-17-15-11-20-24(2)18(15)23-16(22-17)13-5-3-7-19-10-13/h3-8,10-12H,9H2,1-2H3,(H,21,22,23). The average molecular weight is 350 g/mol. The van der Waals surface area contributed by atoms with Crippen LogP contribution in [0, 0.1) is 0 Å². The molecule has 0 aromatic carbocycles. The molecular weight excluding hydrogens is 332 g/mol. The van der Waals surface area contributed by atoms with E-state index in [1.807, 2.05) is 25.4 Å². The Morgan fingerprint density at radius 2 is 2.12 bits per heavy atom. The maximum Gasteiger partial charge on any atom is 0.165 e. The van der Waals surface area contributed by atoms with E-state index in [9.17, 15) is 0 Å². The van der Waals surface area contributed by atoms with Gasteiger partial charge in [-0.25, -0.2) is 9.97 Å². The number of aromatic nitrogens is 5. The Kier molecular flexibility index (Phi) is 4.15. The number of nitrogens with zero attached hydrogens (tertiary/aromatic N) is 5. The number of aryl methyl sites for hydroxylation is 1. The Balaban J connectivity index is 1.71. The average Bonchev–Trinajstić information content (AvgIpc) is 3.26. The molecule has 0 bridgehead atoms. The summed E-state index contributed by atoms with van der Waals surface area (Å²) >= 11 is 1.77. The molecule has 0 radical (unpaired) electrons. The third-order valence-corrected chi connectivity index (χ3v) is 4.88. The molecule has 7 heteroatoms. The number of anilines is 1. The first-order valence-corrected chi connectivity index (χ1v) is 8.98. The van der Waals surface area contributed by atoms with E-state index in [1.54, 1.807) is 28.4 Å². The summed E-state index contributed by atoms with van der Waals surface area (Å²) in [4.78, 5) is 14.9. The van der Waals surface area contributed by atoms with Crippen molar-refractivity contribution >= 4 is 28.2 Å². The fourth-order valence-corrected chi connectivity index (χ4v) is 3.61. The van der Waals surface area contributed by atoms with E-state index in [0.29, 0.717) is 5.82 Å². The zero-order valence-corrected chi connectivity index (χ0v) is 14.9. The van der Waals surface area contributed by atoms with Gasteiger partial charge in [0.15, 0.2) is 11.5 Å². The van der Waals surface area contributed by atoms with Crippen LogP contribution in [-0.2, 0) is 13.5 Å². The van der Waals surface area contributed by atoms with Crippen molar-refractivity contribution in [1.82, 2.24) is 24.7 Å². The van der Waals surface area contributed by atoms with Gasteiger partial charge in [-0.2, -0.15) is 5.10 Å². The predicted octanol–water partition coefficient (Wildman–Crippen LogP) is 3.53. The van der Waals surface area contributed by atoms with Crippen LogP contribution in [0.3, 0.4) is 0 Å². The van der Waals surface area contributed by atoms with Gasteiger partial charge >= 0.3 is 0 Å². The molecule has 0 amide bonds. The number of rotatable bonds is 5. The first-order chi connectivity index (χ1) is 12.2. The fraction of sp³-hybridized carbons (Fsp3) is 0.222. The summed E-state index contributed by atoms with van der Waals surface area (Å²) < 4.78 is 1.77. The van der Waals surface area contributed by atoms with Crippen LogP contribution in [0.4, 0.5) is 5.82 Å². The largest absolute Gasteiger partial charge is 0.367 e. The van der Waals surface area contributed by atoms with Crippen molar-refractivity contribution in [3.8, 4) is 11.4 Å². The maximum absolute atomic E-state index is 4.74. The number of hydrogen-bond acceptors (Lipinski definition) is 6.